The normalized spacial score (nSPS) is 21.1. The summed E-state index contributed by atoms with van der Waals surface area (Å²) >= 11 is 6.28. The van der Waals surface area contributed by atoms with Gasteiger partial charge in [-0.3, -0.25) is 9.59 Å². The van der Waals surface area contributed by atoms with E-state index < -0.39 is 0 Å². The number of carbonyl (C=O) groups is 2. The lowest BCUT2D eigenvalue weighted by molar-refractivity contribution is -0.123. The van der Waals surface area contributed by atoms with Gasteiger partial charge in [0.1, 0.15) is 17.4 Å². The van der Waals surface area contributed by atoms with E-state index in [2.05, 4.69) is 10.2 Å². The number of ether oxygens (including phenoxy) is 1. The molecule has 200 valence electrons. The number of halogens is 1. The molecule has 3 aromatic rings. The van der Waals surface area contributed by atoms with E-state index >= 15 is 0 Å². The second-order valence-electron chi connectivity index (χ2n) is 10.2. The van der Waals surface area contributed by atoms with Gasteiger partial charge in [0.05, 0.1) is 17.3 Å². The van der Waals surface area contributed by atoms with Gasteiger partial charge in [-0.25, -0.2) is 4.98 Å². The summed E-state index contributed by atoms with van der Waals surface area (Å²) in [6.45, 7) is 2.84. The van der Waals surface area contributed by atoms with Crippen LogP contribution in [-0.4, -0.2) is 83.7 Å². The van der Waals surface area contributed by atoms with E-state index in [1.165, 1.54) is 0 Å². The molecule has 11 nitrogen and oxygen atoms in total. The first-order chi connectivity index (χ1) is 18.4. The highest BCUT2D eigenvalue weighted by molar-refractivity contribution is 6.31. The summed E-state index contributed by atoms with van der Waals surface area (Å²) in [6.07, 6.45) is 2.66. The molecule has 0 saturated carbocycles. The minimum atomic E-state index is -0.272. The van der Waals surface area contributed by atoms with Gasteiger partial charge in [-0.15, -0.1) is 0 Å². The number of hydrogen-bond donors (Lipinski definition) is 2. The van der Waals surface area contributed by atoms with Crippen molar-refractivity contribution >= 4 is 40.7 Å². The van der Waals surface area contributed by atoms with Gasteiger partial charge in [0.15, 0.2) is 12.3 Å². The monoisotopic (exact) mass is 538 g/mol. The van der Waals surface area contributed by atoms with E-state index in [0.29, 0.717) is 41.6 Å². The average Bonchev–Trinajstić information content (AvgIpc) is 3.33. The molecule has 2 bridgehead atoms. The molecule has 6 rings (SSSR count). The maximum atomic E-state index is 13.9. The predicted molar refractivity (Wildman–Crippen MR) is 144 cm³/mol. The van der Waals surface area contributed by atoms with Crippen molar-refractivity contribution in [2.75, 3.05) is 56.2 Å². The molecule has 2 fully saturated rings. The number of aromatic nitrogens is 3. The lowest BCUT2D eigenvalue weighted by atomic mass is 9.98. The van der Waals surface area contributed by atoms with Crippen molar-refractivity contribution in [3.63, 3.8) is 0 Å². The van der Waals surface area contributed by atoms with Gasteiger partial charge in [-0.05, 0) is 37.5 Å². The van der Waals surface area contributed by atoms with Crippen LogP contribution in [0.15, 0.2) is 30.3 Å². The number of nitrogens with one attached hydrogen (secondary N) is 1. The minimum Gasteiger partial charge on any atom is -0.483 e. The fourth-order valence-electron chi connectivity index (χ4n) is 5.36. The Bertz CT molecular complexity index is 1390. The number of likely N-dealkylation sites (N-methyl/N-ethyl adjacent to an activating group) is 1. The van der Waals surface area contributed by atoms with Crippen LogP contribution in [0, 0.1) is 0 Å². The largest absolute Gasteiger partial charge is 0.483 e. The summed E-state index contributed by atoms with van der Waals surface area (Å²) in [5.74, 6) is 1.55. The summed E-state index contributed by atoms with van der Waals surface area (Å²) in [6, 6.07) is 8.80. The molecule has 1 aromatic carbocycles. The van der Waals surface area contributed by atoms with E-state index in [4.69, 9.17) is 32.2 Å². The van der Waals surface area contributed by atoms with Crippen molar-refractivity contribution < 1.29 is 14.3 Å². The molecule has 1 atom stereocenters. The maximum absolute atomic E-state index is 13.9. The molecule has 2 saturated heterocycles. The smallest absolute Gasteiger partial charge is 0.258 e. The second-order valence-corrected chi connectivity index (χ2v) is 10.6. The first-order valence-corrected chi connectivity index (χ1v) is 13.4. The van der Waals surface area contributed by atoms with Crippen LogP contribution in [0.4, 0.5) is 11.6 Å². The van der Waals surface area contributed by atoms with Crippen LogP contribution >= 0.6 is 11.6 Å². The third-order valence-electron chi connectivity index (χ3n) is 7.44. The van der Waals surface area contributed by atoms with Crippen LogP contribution in [0.3, 0.4) is 0 Å². The number of hydrogen-bond acceptors (Lipinski definition) is 8. The van der Waals surface area contributed by atoms with Crippen molar-refractivity contribution in [3.05, 3.63) is 46.6 Å². The first-order valence-electron chi connectivity index (χ1n) is 13.0. The van der Waals surface area contributed by atoms with Gasteiger partial charge in [-0.2, -0.15) is 9.61 Å². The van der Waals surface area contributed by atoms with Crippen molar-refractivity contribution in [2.45, 2.75) is 31.3 Å². The van der Waals surface area contributed by atoms with Crippen LogP contribution in [0.5, 0.6) is 5.75 Å². The van der Waals surface area contributed by atoms with Gasteiger partial charge in [0.25, 0.3) is 11.8 Å². The standard InChI is InChI=1S/C26H31ClN8O3/c1-32-9-7-29-24(36)15-38-21-6-5-16(27)10-18(21)26(37)34-8-3-2-4-20(34)19-11-23-30-22(33-13-17(28)14-33)12-25(32)35(23)31-19/h5-6,10-12,17,20H,2-4,7-9,13-15,28H2,1H3,(H,29,36). The maximum Gasteiger partial charge on any atom is 0.258 e. The van der Waals surface area contributed by atoms with Crippen LogP contribution in [0.1, 0.15) is 41.4 Å². The third-order valence-corrected chi connectivity index (χ3v) is 7.68. The highest BCUT2D eigenvalue weighted by Gasteiger charge is 2.33. The Kier molecular flexibility index (Phi) is 6.48. The molecular formula is C26H31ClN8O3. The number of amides is 2. The number of anilines is 2. The summed E-state index contributed by atoms with van der Waals surface area (Å²) < 4.78 is 7.63. The fourth-order valence-corrected chi connectivity index (χ4v) is 5.54. The fraction of sp³-hybridized carbons (Fsp3) is 0.462. The molecule has 1 unspecified atom stereocenters. The molecule has 2 amide bonds. The molecule has 0 spiro atoms. The molecule has 38 heavy (non-hydrogen) atoms. The number of rotatable bonds is 1. The summed E-state index contributed by atoms with van der Waals surface area (Å²) in [5.41, 5.74) is 7.87. The molecule has 3 aliphatic heterocycles. The number of benzene rings is 1. The van der Waals surface area contributed by atoms with Crippen LogP contribution < -0.4 is 25.6 Å². The number of fused-ring (bicyclic) bond motifs is 4. The highest BCUT2D eigenvalue weighted by Crippen LogP contribution is 2.35. The third kappa shape index (κ3) is 4.60. The van der Waals surface area contributed by atoms with Gasteiger partial charge in [-0.1, -0.05) is 11.6 Å². The molecule has 5 heterocycles. The Morgan fingerprint density at radius 1 is 1.13 bits per heavy atom. The number of nitrogens with zero attached hydrogens (tertiary/aromatic N) is 6. The topological polar surface area (TPSA) is 121 Å². The molecular weight excluding hydrogens is 508 g/mol. The van der Waals surface area contributed by atoms with E-state index in [0.717, 1.165) is 49.7 Å². The van der Waals surface area contributed by atoms with Crippen LogP contribution in [0.25, 0.3) is 5.65 Å². The Morgan fingerprint density at radius 2 is 1.97 bits per heavy atom. The Hall–Kier alpha value is -3.57. The Morgan fingerprint density at radius 3 is 2.79 bits per heavy atom. The van der Waals surface area contributed by atoms with Crippen molar-refractivity contribution in [1.29, 1.82) is 0 Å². The van der Waals surface area contributed by atoms with Crippen LogP contribution in [-0.2, 0) is 4.79 Å². The SMILES string of the molecule is CN1CCNC(=O)COc2ccc(Cl)cc2C(=O)N2CCCCC2c2cc3nc(N4CC(N)C4)cc1n3n2. The van der Waals surface area contributed by atoms with Crippen molar-refractivity contribution in [2.24, 2.45) is 5.73 Å². The lowest BCUT2D eigenvalue weighted by Gasteiger charge is -2.38. The van der Waals surface area contributed by atoms with E-state index in [9.17, 15) is 9.59 Å². The highest BCUT2D eigenvalue weighted by atomic mass is 35.5. The van der Waals surface area contributed by atoms with E-state index in [-0.39, 0.29) is 30.5 Å². The molecule has 3 N–H and O–H groups in total. The lowest BCUT2D eigenvalue weighted by Crippen LogP contribution is -2.56. The molecule has 2 aromatic heterocycles. The Labute approximate surface area is 225 Å². The molecule has 0 aliphatic carbocycles. The van der Waals surface area contributed by atoms with Crippen molar-refractivity contribution in [3.8, 4) is 5.75 Å². The van der Waals surface area contributed by atoms with Gasteiger partial charge >= 0.3 is 0 Å². The van der Waals surface area contributed by atoms with Gasteiger partial charge in [0, 0.05) is 63.0 Å². The number of nitrogens with two attached hydrogens (primary N) is 1. The molecule has 12 heteroatoms. The molecule has 0 radical (unpaired) electrons. The predicted octanol–water partition coefficient (Wildman–Crippen LogP) is 1.84. The number of carbonyl (C=O) groups excluding carboxylic acids is 2. The summed E-state index contributed by atoms with van der Waals surface area (Å²) in [5, 5.41) is 8.29. The van der Waals surface area contributed by atoms with Gasteiger partial charge in [0.2, 0.25) is 0 Å². The first kappa shape index (κ1) is 24.7. The summed E-state index contributed by atoms with van der Waals surface area (Å²) in [4.78, 5) is 37.4. The zero-order valence-electron chi connectivity index (χ0n) is 21.3. The van der Waals surface area contributed by atoms with E-state index in [1.54, 1.807) is 18.2 Å². The summed E-state index contributed by atoms with van der Waals surface area (Å²) in [7, 11) is 1.96. The average molecular weight is 539 g/mol. The van der Waals surface area contributed by atoms with Gasteiger partial charge < -0.3 is 30.5 Å². The molecule has 3 aliphatic rings. The van der Waals surface area contributed by atoms with Crippen LogP contribution in [0.2, 0.25) is 5.02 Å². The number of piperidine rings is 1. The zero-order chi connectivity index (χ0) is 26.4. The zero-order valence-corrected chi connectivity index (χ0v) is 22.0. The minimum absolute atomic E-state index is 0.139. The quantitative estimate of drug-likeness (QED) is 0.481. The Balaban J connectivity index is 1.46. The van der Waals surface area contributed by atoms with Crippen molar-refractivity contribution in [1.82, 2.24) is 24.8 Å². The van der Waals surface area contributed by atoms with E-state index in [1.807, 2.05) is 33.5 Å². The second kappa shape index (κ2) is 9.95.